The Kier molecular flexibility index (Phi) is 8.50. The molecule has 0 aromatic rings. The highest BCUT2D eigenvalue weighted by molar-refractivity contribution is 7.99. The third-order valence-corrected chi connectivity index (χ3v) is 8.05. The van der Waals surface area contributed by atoms with Crippen LogP contribution in [-0.4, -0.2) is 79.9 Å². The molecule has 1 aliphatic carbocycles. The summed E-state index contributed by atoms with van der Waals surface area (Å²) in [5.41, 5.74) is -0.196. The third kappa shape index (κ3) is 6.28. The molecular formula is C17H34N4O3S2. The summed E-state index contributed by atoms with van der Waals surface area (Å²) in [5.74, 6) is 2.44. The highest BCUT2D eigenvalue weighted by atomic mass is 32.2. The molecule has 1 heterocycles. The van der Waals surface area contributed by atoms with Gasteiger partial charge in [0.15, 0.2) is 5.96 Å². The van der Waals surface area contributed by atoms with E-state index in [1.165, 1.54) is 0 Å². The van der Waals surface area contributed by atoms with Gasteiger partial charge in [0.1, 0.15) is 0 Å². The normalized spacial score (nSPS) is 28.7. The summed E-state index contributed by atoms with van der Waals surface area (Å²) in [6.45, 7) is 6.87. The van der Waals surface area contributed by atoms with E-state index in [1.54, 1.807) is 16.1 Å². The third-order valence-electron chi connectivity index (χ3n) is 5.24. The number of aliphatic hydroxyl groups is 1. The van der Waals surface area contributed by atoms with Gasteiger partial charge in [-0.05, 0) is 19.8 Å². The molecule has 2 rings (SSSR count). The van der Waals surface area contributed by atoms with Crippen LogP contribution in [0.2, 0.25) is 0 Å². The lowest BCUT2D eigenvalue weighted by molar-refractivity contribution is 0.00716. The van der Waals surface area contributed by atoms with E-state index in [-0.39, 0.29) is 17.3 Å². The Bertz CT molecular complexity index is 564. The Balaban J connectivity index is 1.87. The minimum Gasteiger partial charge on any atom is -0.392 e. The predicted octanol–water partition coefficient (Wildman–Crippen LogP) is 0.861. The van der Waals surface area contributed by atoms with Crippen LogP contribution >= 0.6 is 11.8 Å². The van der Waals surface area contributed by atoms with E-state index in [2.05, 4.69) is 22.5 Å². The lowest BCUT2D eigenvalue weighted by Crippen LogP contribution is -2.45. The first-order valence-electron chi connectivity index (χ1n) is 9.63. The average Bonchev–Trinajstić information content (AvgIpc) is 2.63. The van der Waals surface area contributed by atoms with Gasteiger partial charge in [0.25, 0.3) is 0 Å². The first-order chi connectivity index (χ1) is 12.4. The van der Waals surface area contributed by atoms with Gasteiger partial charge in [-0.3, -0.25) is 4.99 Å². The highest BCUT2D eigenvalue weighted by Gasteiger charge is 2.35. The molecule has 1 aliphatic heterocycles. The highest BCUT2D eigenvalue weighted by Crippen LogP contribution is 2.36. The van der Waals surface area contributed by atoms with Crippen LogP contribution in [0, 0.1) is 5.41 Å². The summed E-state index contributed by atoms with van der Waals surface area (Å²) in [4.78, 5) is 4.61. The second-order valence-corrected chi connectivity index (χ2v) is 10.7. The molecule has 1 saturated carbocycles. The average molecular weight is 407 g/mol. The molecule has 0 amide bonds. The zero-order valence-electron chi connectivity index (χ0n) is 16.0. The Morgan fingerprint density at radius 1 is 1.31 bits per heavy atom. The number of nitrogens with zero attached hydrogens (tertiary/aromatic N) is 2. The van der Waals surface area contributed by atoms with Crippen LogP contribution in [0.4, 0.5) is 0 Å². The number of thioether (sulfide) groups is 1. The first kappa shape index (κ1) is 21.8. The number of hydrogen-bond donors (Lipinski definition) is 3. The fraction of sp³-hybridized carbons (Fsp3) is 0.941. The van der Waals surface area contributed by atoms with Gasteiger partial charge in [0.05, 0.1) is 18.4 Å². The molecule has 7 nitrogen and oxygen atoms in total. The van der Waals surface area contributed by atoms with E-state index < -0.39 is 10.0 Å². The summed E-state index contributed by atoms with van der Waals surface area (Å²) in [6.07, 6.45) is 3.69. The molecule has 0 bridgehead atoms. The van der Waals surface area contributed by atoms with E-state index in [0.29, 0.717) is 38.7 Å². The van der Waals surface area contributed by atoms with Crippen molar-refractivity contribution in [1.29, 1.82) is 0 Å². The minimum atomic E-state index is -3.22. The van der Waals surface area contributed by atoms with Crippen molar-refractivity contribution < 1.29 is 13.5 Å². The zero-order chi connectivity index (χ0) is 19.0. The number of nitrogens with one attached hydrogen (secondary N) is 2. The van der Waals surface area contributed by atoms with Crippen LogP contribution in [-0.2, 0) is 10.0 Å². The maximum atomic E-state index is 12.4. The van der Waals surface area contributed by atoms with Gasteiger partial charge in [-0.15, -0.1) is 0 Å². The number of aliphatic hydroxyl groups excluding tert-OH is 1. The van der Waals surface area contributed by atoms with E-state index in [0.717, 1.165) is 37.2 Å². The van der Waals surface area contributed by atoms with Gasteiger partial charge in [0, 0.05) is 43.1 Å². The van der Waals surface area contributed by atoms with Gasteiger partial charge in [-0.2, -0.15) is 11.8 Å². The minimum absolute atomic E-state index is 0.0714. The zero-order valence-corrected chi connectivity index (χ0v) is 17.7. The summed E-state index contributed by atoms with van der Waals surface area (Å²) < 4.78 is 26.4. The van der Waals surface area contributed by atoms with E-state index in [9.17, 15) is 13.5 Å². The van der Waals surface area contributed by atoms with Crippen LogP contribution in [0.25, 0.3) is 0 Å². The maximum absolute atomic E-state index is 12.4. The van der Waals surface area contributed by atoms with Gasteiger partial charge in [0.2, 0.25) is 10.0 Å². The van der Waals surface area contributed by atoms with E-state index in [1.807, 2.05) is 6.92 Å². The lowest BCUT2D eigenvalue weighted by Gasteiger charge is -2.37. The number of rotatable bonds is 7. The first-order valence-corrected chi connectivity index (χ1v) is 12.4. The van der Waals surface area contributed by atoms with Gasteiger partial charge in [-0.1, -0.05) is 19.8 Å². The lowest BCUT2D eigenvalue weighted by atomic mass is 9.73. The number of guanidine groups is 1. The Morgan fingerprint density at radius 3 is 2.69 bits per heavy atom. The van der Waals surface area contributed by atoms with Crippen molar-refractivity contribution in [3.05, 3.63) is 0 Å². The molecule has 1 saturated heterocycles. The second-order valence-electron chi connectivity index (χ2n) is 7.36. The molecule has 2 atom stereocenters. The second kappa shape index (κ2) is 10.1. The molecule has 9 heteroatoms. The van der Waals surface area contributed by atoms with Crippen molar-refractivity contribution in [3.63, 3.8) is 0 Å². The van der Waals surface area contributed by atoms with Crippen molar-refractivity contribution >= 4 is 27.7 Å². The smallest absolute Gasteiger partial charge is 0.215 e. The van der Waals surface area contributed by atoms with Crippen molar-refractivity contribution in [2.75, 3.05) is 50.0 Å². The number of hydrogen-bond acceptors (Lipinski definition) is 5. The quantitative estimate of drug-likeness (QED) is 0.429. The van der Waals surface area contributed by atoms with Crippen LogP contribution in [0.5, 0.6) is 0 Å². The summed E-state index contributed by atoms with van der Waals surface area (Å²) in [7, 11) is -3.22. The fourth-order valence-electron chi connectivity index (χ4n) is 3.42. The maximum Gasteiger partial charge on any atom is 0.215 e. The summed E-state index contributed by atoms with van der Waals surface area (Å²) in [5, 5.41) is 16.6. The predicted molar refractivity (Wildman–Crippen MR) is 109 cm³/mol. The SMILES string of the molecule is CCNC(=NCC1(C)CCCCC1O)NCCS(=O)(=O)N1CCSCC1. The fourth-order valence-corrected chi connectivity index (χ4v) is 5.91. The van der Waals surface area contributed by atoms with Crippen LogP contribution in [0.15, 0.2) is 4.99 Å². The van der Waals surface area contributed by atoms with Crippen LogP contribution in [0.3, 0.4) is 0 Å². The molecule has 26 heavy (non-hydrogen) atoms. The summed E-state index contributed by atoms with van der Waals surface area (Å²) in [6, 6.07) is 0. The standard InChI is InChI=1S/C17H34N4O3S2/c1-3-18-16(20-14-17(2)7-5-4-6-15(17)22)19-8-13-26(23,24)21-9-11-25-12-10-21/h15,22H,3-14H2,1-2H3,(H2,18,19,20). The van der Waals surface area contributed by atoms with Crippen LogP contribution in [0.1, 0.15) is 39.5 Å². The summed E-state index contributed by atoms with van der Waals surface area (Å²) >= 11 is 1.80. The molecule has 2 fully saturated rings. The topological polar surface area (TPSA) is 94.0 Å². The van der Waals surface area contributed by atoms with Gasteiger partial charge >= 0.3 is 0 Å². The molecule has 0 radical (unpaired) electrons. The molecule has 2 aliphatic rings. The largest absolute Gasteiger partial charge is 0.392 e. The molecule has 2 unspecified atom stereocenters. The van der Waals surface area contributed by atoms with Crippen LogP contribution < -0.4 is 10.6 Å². The molecule has 3 N–H and O–H groups in total. The van der Waals surface area contributed by atoms with Crippen molar-refractivity contribution in [1.82, 2.24) is 14.9 Å². The van der Waals surface area contributed by atoms with Crippen molar-refractivity contribution in [2.45, 2.75) is 45.6 Å². The van der Waals surface area contributed by atoms with Crippen molar-refractivity contribution in [2.24, 2.45) is 10.4 Å². The van der Waals surface area contributed by atoms with Gasteiger partial charge in [-0.25, -0.2) is 12.7 Å². The Morgan fingerprint density at radius 2 is 2.04 bits per heavy atom. The molecule has 152 valence electrons. The van der Waals surface area contributed by atoms with E-state index >= 15 is 0 Å². The number of sulfonamides is 1. The molecule has 0 aromatic carbocycles. The Labute approximate surface area is 162 Å². The van der Waals surface area contributed by atoms with Crippen molar-refractivity contribution in [3.8, 4) is 0 Å². The monoisotopic (exact) mass is 406 g/mol. The van der Waals surface area contributed by atoms with E-state index in [4.69, 9.17) is 0 Å². The Hall–Kier alpha value is -0.510. The van der Waals surface area contributed by atoms with Gasteiger partial charge < -0.3 is 15.7 Å². The number of aliphatic imine (C=N–C) groups is 1. The molecular weight excluding hydrogens is 372 g/mol. The molecule has 0 spiro atoms. The molecule has 0 aromatic heterocycles.